The van der Waals surface area contributed by atoms with Gasteiger partial charge in [0.25, 0.3) is 0 Å². The van der Waals surface area contributed by atoms with Crippen molar-refractivity contribution in [3.8, 4) is 0 Å². The lowest BCUT2D eigenvalue weighted by atomic mass is 9.93. The van der Waals surface area contributed by atoms with Crippen LogP contribution in [-0.2, 0) is 6.42 Å². The van der Waals surface area contributed by atoms with Gasteiger partial charge in [0.2, 0.25) is 0 Å². The summed E-state index contributed by atoms with van der Waals surface area (Å²) in [5, 5.41) is 7.91. The van der Waals surface area contributed by atoms with Crippen molar-refractivity contribution in [2.75, 3.05) is 13.6 Å². The maximum Gasteiger partial charge on any atom is 0.0628 e. The molecule has 1 N–H and O–H groups in total. The standard InChI is InChI=1S/C13H23N3/c1-10-13(8-5-9-14-3)11(2)16(15-10)12-6-4-7-12/h12,14H,4-9H2,1-3H3. The molecule has 1 heterocycles. The molecule has 0 bridgehead atoms. The molecule has 1 aromatic rings. The third kappa shape index (κ3) is 2.14. The molecular weight excluding hydrogens is 198 g/mol. The molecule has 1 saturated carbocycles. The quantitative estimate of drug-likeness (QED) is 0.774. The molecule has 0 saturated heterocycles. The normalized spacial score (nSPS) is 16.4. The Hall–Kier alpha value is -0.830. The highest BCUT2D eigenvalue weighted by Crippen LogP contribution is 2.33. The second-order valence-electron chi connectivity index (χ2n) is 4.89. The lowest BCUT2D eigenvalue weighted by Crippen LogP contribution is -2.19. The fraction of sp³-hybridized carbons (Fsp3) is 0.769. The molecule has 2 rings (SSSR count). The minimum absolute atomic E-state index is 0.691. The summed E-state index contributed by atoms with van der Waals surface area (Å²) < 4.78 is 2.27. The van der Waals surface area contributed by atoms with Gasteiger partial charge in [0.05, 0.1) is 11.7 Å². The minimum atomic E-state index is 0.691. The first kappa shape index (κ1) is 11.6. The van der Waals surface area contributed by atoms with Gasteiger partial charge in [-0.15, -0.1) is 0 Å². The lowest BCUT2D eigenvalue weighted by molar-refractivity contribution is 0.284. The Kier molecular flexibility index (Phi) is 3.64. The van der Waals surface area contributed by atoms with Crippen LogP contribution < -0.4 is 5.32 Å². The van der Waals surface area contributed by atoms with E-state index in [9.17, 15) is 0 Å². The summed E-state index contributed by atoms with van der Waals surface area (Å²) in [6.07, 6.45) is 6.37. The van der Waals surface area contributed by atoms with Crippen molar-refractivity contribution in [2.45, 2.75) is 52.0 Å². The number of hydrogen-bond donors (Lipinski definition) is 1. The summed E-state index contributed by atoms with van der Waals surface area (Å²) in [5.74, 6) is 0. The van der Waals surface area contributed by atoms with Crippen LogP contribution in [0.2, 0.25) is 0 Å². The summed E-state index contributed by atoms with van der Waals surface area (Å²) in [4.78, 5) is 0. The molecule has 0 spiro atoms. The number of nitrogens with zero attached hydrogens (tertiary/aromatic N) is 2. The second-order valence-corrected chi connectivity index (χ2v) is 4.89. The van der Waals surface area contributed by atoms with Crippen LogP contribution >= 0.6 is 0 Å². The maximum absolute atomic E-state index is 4.71. The molecule has 0 aromatic carbocycles. The molecule has 16 heavy (non-hydrogen) atoms. The van der Waals surface area contributed by atoms with Crippen molar-refractivity contribution < 1.29 is 0 Å². The number of aryl methyl sites for hydroxylation is 1. The van der Waals surface area contributed by atoms with E-state index in [0.717, 1.165) is 13.0 Å². The van der Waals surface area contributed by atoms with Crippen LogP contribution in [0.5, 0.6) is 0 Å². The fourth-order valence-electron chi connectivity index (χ4n) is 2.49. The number of rotatable bonds is 5. The van der Waals surface area contributed by atoms with Gasteiger partial charge in [-0.05, 0) is 65.1 Å². The molecule has 0 amide bonds. The van der Waals surface area contributed by atoms with Gasteiger partial charge in [-0.3, -0.25) is 4.68 Å². The Balaban J connectivity index is 2.08. The zero-order chi connectivity index (χ0) is 11.5. The first-order valence-corrected chi connectivity index (χ1v) is 6.43. The molecule has 0 aliphatic heterocycles. The van der Waals surface area contributed by atoms with Crippen molar-refractivity contribution in [2.24, 2.45) is 0 Å². The highest BCUT2D eigenvalue weighted by atomic mass is 15.3. The van der Waals surface area contributed by atoms with E-state index >= 15 is 0 Å². The molecular formula is C13H23N3. The fourth-order valence-corrected chi connectivity index (χ4v) is 2.49. The number of hydrogen-bond acceptors (Lipinski definition) is 2. The molecule has 3 nitrogen and oxygen atoms in total. The van der Waals surface area contributed by atoms with Gasteiger partial charge in [0.15, 0.2) is 0 Å². The Morgan fingerprint density at radius 3 is 2.69 bits per heavy atom. The van der Waals surface area contributed by atoms with Crippen LogP contribution in [0.15, 0.2) is 0 Å². The zero-order valence-electron chi connectivity index (χ0n) is 10.7. The van der Waals surface area contributed by atoms with Gasteiger partial charge < -0.3 is 5.32 Å². The van der Waals surface area contributed by atoms with Gasteiger partial charge in [0.1, 0.15) is 0 Å². The van der Waals surface area contributed by atoms with E-state index in [-0.39, 0.29) is 0 Å². The predicted octanol–water partition coefficient (Wildman–Crippen LogP) is 2.38. The maximum atomic E-state index is 4.71. The zero-order valence-corrected chi connectivity index (χ0v) is 10.7. The van der Waals surface area contributed by atoms with Gasteiger partial charge in [-0.2, -0.15) is 5.10 Å². The van der Waals surface area contributed by atoms with E-state index in [1.54, 1.807) is 0 Å². The van der Waals surface area contributed by atoms with Gasteiger partial charge in [0, 0.05) is 5.69 Å². The smallest absolute Gasteiger partial charge is 0.0628 e. The van der Waals surface area contributed by atoms with Crippen molar-refractivity contribution in [1.82, 2.24) is 15.1 Å². The lowest BCUT2D eigenvalue weighted by Gasteiger charge is -2.27. The Bertz CT molecular complexity index is 350. The van der Waals surface area contributed by atoms with Crippen LogP contribution in [0.3, 0.4) is 0 Å². The van der Waals surface area contributed by atoms with Crippen LogP contribution in [0, 0.1) is 13.8 Å². The predicted molar refractivity (Wildman–Crippen MR) is 66.8 cm³/mol. The molecule has 1 aromatic heterocycles. The van der Waals surface area contributed by atoms with E-state index in [0.29, 0.717) is 6.04 Å². The van der Waals surface area contributed by atoms with E-state index in [2.05, 4.69) is 23.8 Å². The van der Waals surface area contributed by atoms with E-state index < -0.39 is 0 Å². The van der Waals surface area contributed by atoms with Crippen molar-refractivity contribution in [1.29, 1.82) is 0 Å². The monoisotopic (exact) mass is 221 g/mol. The van der Waals surface area contributed by atoms with Crippen molar-refractivity contribution in [3.63, 3.8) is 0 Å². The summed E-state index contributed by atoms with van der Waals surface area (Å²) in [6.45, 7) is 5.47. The van der Waals surface area contributed by atoms with E-state index in [1.165, 1.54) is 42.6 Å². The summed E-state index contributed by atoms with van der Waals surface area (Å²) in [7, 11) is 2.01. The molecule has 3 heteroatoms. The third-order valence-corrected chi connectivity index (χ3v) is 3.75. The molecule has 0 radical (unpaired) electrons. The van der Waals surface area contributed by atoms with Gasteiger partial charge in [-0.1, -0.05) is 0 Å². The molecule has 0 unspecified atom stereocenters. The first-order valence-electron chi connectivity index (χ1n) is 6.43. The second kappa shape index (κ2) is 5.00. The summed E-state index contributed by atoms with van der Waals surface area (Å²) >= 11 is 0. The van der Waals surface area contributed by atoms with Crippen LogP contribution in [-0.4, -0.2) is 23.4 Å². The SMILES string of the molecule is CNCCCc1c(C)nn(C2CCC2)c1C. The van der Waals surface area contributed by atoms with Crippen LogP contribution in [0.1, 0.15) is 48.7 Å². The third-order valence-electron chi connectivity index (χ3n) is 3.75. The highest BCUT2D eigenvalue weighted by molar-refractivity contribution is 5.25. The number of aromatic nitrogens is 2. The van der Waals surface area contributed by atoms with Gasteiger partial charge in [-0.25, -0.2) is 0 Å². The average Bonchev–Trinajstić information content (AvgIpc) is 2.43. The van der Waals surface area contributed by atoms with Crippen LogP contribution in [0.25, 0.3) is 0 Å². The largest absolute Gasteiger partial charge is 0.320 e. The summed E-state index contributed by atoms with van der Waals surface area (Å²) in [6, 6.07) is 0.691. The average molecular weight is 221 g/mol. The van der Waals surface area contributed by atoms with Crippen molar-refractivity contribution in [3.05, 3.63) is 17.0 Å². The van der Waals surface area contributed by atoms with Gasteiger partial charge >= 0.3 is 0 Å². The van der Waals surface area contributed by atoms with Crippen LogP contribution in [0.4, 0.5) is 0 Å². The number of nitrogens with one attached hydrogen (secondary N) is 1. The molecule has 1 fully saturated rings. The topological polar surface area (TPSA) is 29.9 Å². The molecule has 1 aliphatic rings. The molecule has 1 aliphatic carbocycles. The highest BCUT2D eigenvalue weighted by Gasteiger charge is 2.23. The van der Waals surface area contributed by atoms with E-state index in [4.69, 9.17) is 5.10 Å². The molecule has 0 atom stereocenters. The minimum Gasteiger partial charge on any atom is -0.320 e. The van der Waals surface area contributed by atoms with E-state index in [1.807, 2.05) is 7.05 Å². The summed E-state index contributed by atoms with van der Waals surface area (Å²) in [5.41, 5.74) is 4.11. The van der Waals surface area contributed by atoms with Crippen molar-refractivity contribution >= 4 is 0 Å². The Morgan fingerprint density at radius 1 is 1.38 bits per heavy atom. The Morgan fingerprint density at radius 2 is 2.12 bits per heavy atom. The Labute approximate surface area is 98.2 Å². The first-order chi connectivity index (χ1) is 7.74. The molecule has 90 valence electrons.